The molecule has 8 heteroatoms. The Kier molecular flexibility index (Phi) is 6.40. The molecule has 4 rings (SSSR count). The van der Waals surface area contributed by atoms with Gasteiger partial charge in [0, 0.05) is 15.8 Å². The van der Waals surface area contributed by atoms with E-state index in [-0.39, 0.29) is 0 Å². The number of carbonyl (C=O) groups is 1. The van der Waals surface area contributed by atoms with Gasteiger partial charge in [-0.25, -0.2) is 9.36 Å². The molecule has 4 aromatic rings. The Labute approximate surface area is 206 Å². The maximum atomic E-state index is 13.3. The van der Waals surface area contributed by atoms with Crippen LogP contribution in [0.3, 0.4) is 0 Å². The predicted molar refractivity (Wildman–Crippen MR) is 141 cm³/mol. The zero-order valence-corrected chi connectivity index (χ0v) is 22.6. The number of hydrogen-bond donors (Lipinski definition) is 1. The third-order valence-electron chi connectivity index (χ3n) is 6.21. The first kappa shape index (κ1) is 24.5. The van der Waals surface area contributed by atoms with Crippen molar-refractivity contribution >= 4 is 47.8 Å². The van der Waals surface area contributed by atoms with Crippen molar-refractivity contribution in [2.45, 2.75) is 65.5 Å². The number of fused-ring (bicyclic) bond motifs is 2. The average molecular weight is 498 g/mol. The summed E-state index contributed by atoms with van der Waals surface area (Å²) >= 11 is 6.15. The number of halogens is 1. The van der Waals surface area contributed by atoms with Crippen LogP contribution in [0, 0.1) is 0 Å². The highest BCUT2D eigenvalue weighted by Crippen LogP contribution is 2.34. The summed E-state index contributed by atoms with van der Waals surface area (Å²) in [6, 6.07) is 13.6. The van der Waals surface area contributed by atoms with Crippen molar-refractivity contribution in [2.24, 2.45) is 0 Å². The van der Waals surface area contributed by atoms with E-state index < -0.39 is 20.0 Å². The van der Waals surface area contributed by atoms with E-state index in [1.54, 1.807) is 4.57 Å². The molecule has 0 unspecified atom stereocenters. The van der Waals surface area contributed by atoms with Gasteiger partial charge in [0.15, 0.2) is 8.32 Å². The van der Waals surface area contributed by atoms with Crippen LogP contribution in [0.2, 0.25) is 23.7 Å². The number of ether oxygens (including phenoxy) is 1. The lowest BCUT2D eigenvalue weighted by atomic mass is 10.1. The summed E-state index contributed by atoms with van der Waals surface area (Å²) in [5, 5.41) is 9.98. The summed E-state index contributed by atoms with van der Waals surface area (Å²) in [7, 11) is -1.76. The molecule has 0 aliphatic rings. The molecule has 180 valence electrons. The molecule has 0 saturated carbocycles. The number of carbonyl (C=O) groups excluding carboxylic acids is 1. The zero-order chi connectivity index (χ0) is 24.8. The van der Waals surface area contributed by atoms with E-state index in [1.165, 1.54) is 0 Å². The van der Waals surface area contributed by atoms with E-state index in [9.17, 15) is 4.79 Å². The largest absolute Gasteiger partial charge is 0.443 e. The second-order valence-electron chi connectivity index (χ2n) is 10.5. The normalized spacial score (nSPS) is 12.7. The van der Waals surface area contributed by atoms with Gasteiger partial charge in [-0.05, 0) is 81.4 Å². The van der Waals surface area contributed by atoms with Gasteiger partial charge >= 0.3 is 6.09 Å². The Morgan fingerprint density at radius 2 is 1.88 bits per heavy atom. The van der Waals surface area contributed by atoms with E-state index in [0.29, 0.717) is 28.6 Å². The maximum Gasteiger partial charge on any atom is 0.419 e. The molecule has 2 aromatic carbocycles. The Balaban J connectivity index is 1.82. The first-order valence-electron chi connectivity index (χ1n) is 11.5. The van der Waals surface area contributed by atoms with Crippen LogP contribution in [0.5, 0.6) is 0 Å². The molecule has 0 saturated heterocycles. The van der Waals surface area contributed by atoms with Gasteiger partial charge in [0.1, 0.15) is 11.3 Å². The lowest BCUT2D eigenvalue weighted by Gasteiger charge is -2.27. The van der Waals surface area contributed by atoms with Crippen molar-refractivity contribution in [3.8, 4) is 11.4 Å². The van der Waals surface area contributed by atoms with Crippen molar-refractivity contribution in [3.63, 3.8) is 0 Å². The molecule has 2 heterocycles. The summed E-state index contributed by atoms with van der Waals surface area (Å²) in [4.78, 5) is 13.3. The van der Waals surface area contributed by atoms with Gasteiger partial charge in [0.25, 0.3) is 0 Å². The number of hydrogen-bond acceptors (Lipinski definition) is 4. The van der Waals surface area contributed by atoms with Crippen LogP contribution in [0.25, 0.3) is 33.2 Å². The summed E-state index contributed by atoms with van der Waals surface area (Å²) in [6.07, 6.45) is -0.444. The minimum absolute atomic E-state index is 0.444. The number of H-pyrrole nitrogens is 1. The monoisotopic (exact) mass is 497 g/mol. The first-order valence-corrected chi connectivity index (χ1v) is 14.9. The van der Waals surface area contributed by atoms with Crippen LogP contribution in [-0.2, 0) is 15.8 Å². The number of rotatable bonds is 5. The van der Waals surface area contributed by atoms with Gasteiger partial charge < -0.3 is 9.16 Å². The van der Waals surface area contributed by atoms with Crippen LogP contribution in [0.15, 0.2) is 42.5 Å². The standard InChI is InChI=1S/C26H32ClN3O3Si/c1-16(2)34(6,7)32-15-17-8-11-22-18(12-17)13-23(30(22)25(31)33-26(3,4)5)24-20-10-9-19(27)14-21(20)28-29-24/h8-14,16H,15H2,1-7H3,(H,28,29). The Morgan fingerprint density at radius 3 is 2.56 bits per heavy atom. The SMILES string of the molecule is CC(C)[Si](C)(C)OCc1ccc2c(c1)cc(-c1n[nH]c3cc(Cl)ccc13)n2C(=O)OC(C)(C)C. The fraction of sp³-hybridized carbons (Fsp3) is 0.385. The summed E-state index contributed by atoms with van der Waals surface area (Å²) < 4.78 is 13.7. The van der Waals surface area contributed by atoms with E-state index in [2.05, 4.69) is 43.2 Å². The molecule has 1 N–H and O–H groups in total. The quantitative estimate of drug-likeness (QED) is 0.286. The lowest BCUT2D eigenvalue weighted by molar-refractivity contribution is 0.0547. The number of aromatic amines is 1. The Morgan fingerprint density at radius 1 is 1.15 bits per heavy atom. The van der Waals surface area contributed by atoms with Gasteiger partial charge in [-0.15, -0.1) is 0 Å². The topological polar surface area (TPSA) is 69.1 Å². The second-order valence-corrected chi connectivity index (χ2v) is 15.6. The molecule has 0 spiro atoms. The molecule has 2 aromatic heterocycles. The number of nitrogens with zero attached hydrogens (tertiary/aromatic N) is 2. The van der Waals surface area contributed by atoms with Gasteiger partial charge in [-0.1, -0.05) is 31.5 Å². The third kappa shape index (κ3) is 4.92. The van der Waals surface area contributed by atoms with Gasteiger partial charge in [0.05, 0.1) is 23.3 Å². The van der Waals surface area contributed by atoms with Crippen molar-refractivity contribution in [1.29, 1.82) is 0 Å². The Bertz CT molecular complexity index is 1370. The van der Waals surface area contributed by atoms with Crippen molar-refractivity contribution in [3.05, 3.63) is 53.1 Å². The second kappa shape index (κ2) is 8.87. The molecule has 34 heavy (non-hydrogen) atoms. The van der Waals surface area contributed by atoms with E-state index in [4.69, 9.17) is 20.8 Å². The van der Waals surface area contributed by atoms with E-state index in [1.807, 2.05) is 57.2 Å². The van der Waals surface area contributed by atoms with E-state index in [0.717, 1.165) is 27.4 Å². The molecular formula is C26H32ClN3O3Si. The van der Waals surface area contributed by atoms with Crippen molar-refractivity contribution in [2.75, 3.05) is 0 Å². The average Bonchev–Trinajstić information content (AvgIpc) is 3.31. The van der Waals surface area contributed by atoms with Crippen LogP contribution < -0.4 is 0 Å². The minimum atomic E-state index is -1.76. The summed E-state index contributed by atoms with van der Waals surface area (Å²) in [5.74, 6) is 0. The van der Waals surface area contributed by atoms with Gasteiger partial charge in [0.2, 0.25) is 0 Å². The molecule has 0 bridgehead atoms. The molecule has 0 aliphatic heterocycles. The van der Waals surface area contributed by atoms with Crippen LogP contribution in [-0.4, -0.2) is 34.8 Å². The molecule has 0 aliphatic carbocycles. The molecule has 0 amide bonds. The molecule has 0 fully saturated rings. The smallest absolute Gasteiger partial charge is 0.419 e. The van der Waals surface area contributed by atoms with E-state index >= 15 is 0 Å². The van der Waals surface area contributed by atoms with Crippen LogP contribution >= 0.6 is 11.6 Å². The van der Waals surface area contributed by atoms with Gasteiger partial charge in [-0.3, -0.25) is 5.10 Å². The van der Waals surface area contributed by atoms with Crippen LogP contribution in [0.1, 0.15) is 40.2 Å². The number of benzene rings is 2. The van der Waals surface area contributed by atoms with Crippen LogP contribution in [0.4, 0.5) is 4.79 Å². The number of nitrogens with one attached hydrogen (secondary N) is 1. The minimum Gasteiger partial charge on any atom is -0.443 e. The molecule has 0 radical (unpaired) electrons. The maximum absolute atomic E-state index is 13.3. The highest BCUT2D eigenvalue weighted by molar-refractivity contribution is 6.72. The molecule has 0 atom stereocenters. The zero-order valence-electron chi connectivity index (χ0n) is 20.8. The number of aromatic nitrogens is 3. The fourth-order valence-electron chi connectivity index (χ4n) is 3.66. The summed E-state index contributed by atoms with van der Waals surface area (Å²) in [5.41, 5.74) is 3.86. The molecular weight excluding hydrogens is 466 g/mol. The third-order valence-corrected chi connectivity index (χ3v) is 10.1. The summed E-state index contributed by atoms with van der Waals surface area (Å²) in [6.45, 7) is 15.0. The Hall–Kier alpha value is -2.61. The van der Waals surface area contributed by atoms with Gasteiger partial charge in [-0.2, -0.15) is 5.10 Å². The highest BCUT2D eigenvalue weighted by Gasteiger charge is 2.28. The lowest BCUT2D eigenvalue weighted by Crippen LogP contribution is -2.33. The molecule has 6 nitrogen and oxygen atoms in total. The highest BCUT2D eigenvalue weighted by atomic mass is 35.5. The van der Waals surface area contributed by atoms with Crippen molar-refractivity contribution in [1.82, 2.24) is 14.8 Å². The predicted octanol–water partition coefficient (Wildman–Crippen LogP) is 7.75. The van der Waals surface area contributed by atoms with Crippen molar-refractivity contribution < 1.29 is 14.0 Å². The first-order chi connectivity index (χ1) is 15.9. The fourth-order valence-corrected chi connectivity index (χ4v) is 4.70.